The van der Waals surface area contributed by atoms with Crippen LogP contribution in [0.3, 0.4) is 0 Å². The smallest absolute Gasteiger partial charge is 0.194 e. The van der Waals surface area contributed by atoms with Gasteiger partial charge in [-0.2, -0.15) is 5.10 Å². The third-order valence-corrected chi connectivity index (χ3v) is 4.06. The van der Waals surface area contributed by atoms with Crippen molar-refractivity contribution in [2.45, 2.75) is 19.9 Å². The number of guanidine groups is 1. The van der Waals surface area contributed by atoms with E-state index >= 15 is 0 Å². The summed E-state index contributed by atoms with van der Waals surface area (Å²) < 4.78 is 12.4. The monoisotopic (exact) mass is 360 g/mol. The number of ether oxygens (including phenoxy) is 2. The minimum absolute atomic E-state index is 0.486. The Morgan fingerprint density at radius 3 is 2.65 bits per heavy atom. The lowest BCUT2D eigenvalue weighted by atomic mass is 10.1. The molecular formula is C18H28N6O2. The van der Waals surface area contributed by atoms with E-state index in [1.807, 2.05) is 26.2 Å². The van der Waals surface area contributed by atoms with Gasteiger partial charge in [0.15, 0.2) is 17.5 Å². The summed E-state index contributed by atoms with van der Waals surface area (Å²) in [6.07, 6.45) is 2.41. The Kier molecular flexibility index (Phi) is 7.25. The maximum atomic E-state index is 5.37. The van der Waals surface area contributed by atoms with Crippen LogP contribution in [0.1, 0.15) is 18.3 Å². The van der Waals surface area contributed by atoms with E-state index in [-0.39, 0.29) is 0 Å². The number of likely N-dealkylation sites (N-methyl/N-ethyl adjacent to an activating group) is 1. The summed E-state index contributed by atoms with van der Waals surface area (Å²) in [4.78, 5) is 11.0. The number of hydrogen-bond donors (Lipinski definition) is 1. The summed E-state index contributed by atoms with van der Waals surface area (Å²) in [5.74, 6) is 3.16. The minimum Gasteiger partial charge on any atom is -0.493 e. The molecule has 1 aromatic carbocycles. The van der Waals surface area contributed by atoms with Gasteiger partial charge in [0, 0.05) is 27.2 Å². The standard InChI is InChI=1S/C18H28N6O2/c1-6-19-18(20-12-17-21-13-22-24(17)3)23(2)10-9-14-7-8-15(25-4)16(11-14)26-5/h7-8,11,13H,6,9-10,12H2,1-5H3,(H,19,20). The number of aryl methyl sites for hydroxylation is 1. The number of methoxy groups -OCH3 is 2. The highest BCUT2D eigenvalue weighted by atomic mass is 16.5. The second-order valence-corrected chi connectivity index (χ2v) is 5.83. The van der Waals surface area contributed by atoms with Gasteiger partial charge < -0.3 is 19.7 Å². The summed E-state index contributed by atoms with van der Waals surface area (Å²) in [6.45, 7) is 4.16. The van der Waals surface area contributed by atoms with Crippen LogP contribution < -0.4 is 14.8 Å². The molecule has 0 radical (unpaired) electrons. The predicted octanol–water partition coefficient (Wildman–Crippen LogP) is 1.47. The van der Waals surface area contributed by atoms with Crippen LogP contribution in [0, 0.1) is 0 Å². The highest BCUT2D eigenvalue weighted by molar-refractivity contribution is 5.79. The third kappa shape index (κ3) is 5.11. The molecule has 0 saturated heterocycles. The number of hydrogen-bond acceptors (Lipinski definition) is 5. The molecule has 8 nitrogen and oxygen atoms in total. The van der Waals surface area contributed by atoms with E-state index in [0.29, 0.717) is 6.54 Å². The van der Waals surface area contributed by atoms with Crippen molar-refractivity contribution < 1.29 is 9.47 Å². The van der Waals surface area contributed by atoms with E-state index in [9.17, 15) is 0 Å². The number of benzene rings is 1. The van der Waals surface area contributed by atoms with Crippen molar-refractivity contribution in [2.24, 2.45) is 12.0 Å². The van der Waals surface area contributed by atoms with Crippen molar-refractivity contribution in [3.05, 3.63) is 35.9 Å². The summed E-state index contributed by atoms with van der Waals surface area (Å²) in [5, 5.41) is 7.39. The van der Waals surface area contributed by atoms with Gasteiger partial charge in [0.25, 0.3) is 0 Å². The van der Waals surface area contributed by atoms with E-state index in [0.717, 1.165) is 42.8 Å². The first-order valence-corrected chi connectivity index (χ1v) is 8.62. The van der Waals surface area contributed by atoms with Crippen LogP contribution in [0.2, 0.25) is 0 Å². The number of nitrogens with zero attached hydrogens (tertiary/aromatic N) is 5. The molecule has 0 amide bonds. The molecular weight excluding hydrogens is 332 g/mol. The summed E-state index contributed by atoms with van der Waals surface area (Å²) in [6, 6.07) is 6.00. The SMILES string of the molecule is CCNC(=NCc1ncnn1C)N(C)CCc1ccc(OC)c(OC)c1. The van der Waals surface area contributed by atoms with E-state index in [1.165, 1.54) is 5.56 Å². The average molecular weight is 360 g/mol. The lowest BCUT2D eigenvalue weighted by Crippen LogP contribution is -2.40. The van der Waals surface area contributed by atoms with Crippen LogP contribution >= 0.6 is 0 Å². The molecule has 2 aromatic rings. The first-order chi connectivity index (χ1) is 12.6. The maximum absolute atomic E-state index is 5.37. The molecule has 1 N–H and O–H groups in total. The largest absolute Gasteiger partial charge is 0.493 e. The zero-order valence-electron chi connectivity index (χ0n) is 16.2. The van der Waals surface area contributed by atoms with Crippen molar-refractivity contribution in [3.63, 3.8) is 0 Å². The average Bonchev–Trinajstić information content (AvgIpc) is 3.07. The molecule has 0 aliphatic carbocycles. The molecule has 1 heterocycles. The highest BCUT2D eigenvalue weighted by Crippen LogP contribution is 2.27. The molecule has 26 heavy (non-hydrogen) atoms. The Morgan fingerprint density at radius 1 is 1.27 bits per heavy atom. The fraction of sp³-hybridized carbons (Fsp3) is 0.500. The van der Waals surface area contributed by atoms with Crippen LogP contribution in [0.25, 0.3) is 0 Å². The lowest BCUT2D eigenvalue weighted by molar-refractivity contribution is 0.354. The van der Waals surface area contributed by atoms with Gasteiger partial charge in [-0.15, -0.1) is 0 Å². The van der Waals surface area contributed by atoms with Crippen molar-refractivity contribution >= 4 is 5.96 Å². The molecule has 142 valence electrons. The van der Waals surface area contributed by atoms with Crippen molar-refractivity contribution in [2.75, 3.05) is 34.4 Å². The molecule has 0 atom stereocenters. The van der Waals surface area contributed by atoms with Gasteiger partial charge in [-0.3, -0.25) is 4.68 Å². The van der Waals surface area contributed by atoms with Gasteiger partial charge in [-0.1, -0.05) is 6.07 Å². The zero-order valence-corrected chi connectivity index (χ0v) is 16.2. The van der Waals surface area contributed by atoms with Gasteiger partial charge in [-0.25, -0.2) is 9.98 Å². The molecule has 0 bridgehead atoms. The Hall–Kier alpha value is -2.77. The number of rotatable bonds is 8. The Labute approximate surface area is 154 Å². The fourth-order valence-electron chi connectivity index (χ4n) is 2.52. The molecule has 0 aliphatic heterocycles. The molecule has 1 aromatic heterocycles. The van der Waals surface area contributed by atoms with E-state index < -0.39 is 0 Å². The molecule has 2 rings (SSSR count). The van der Waals surface area contributed by atoms with Gasteiger partial charge in [0.1, 0.15) is 18.7 Å². The van der Waals surface area contributed by atoms with Gasteiger partial charge in [0.05, 0.1) is 14.2 Å². The molecule has 0 spiro atoms. The topological polar surface area (TPSA) is 76.8 Å². The minimum atomic E-state index is 0.486. The van der Waals surface area contributed by atoms with Crippen LogP contribution in [0.4, 0.5) is 0 Å². The Balaban J connectivity index is 2.01. The summed E-state index contributed by atoms with van der Waals surface area (Å²) >= 11 is 0. The first-order valence-electron chi connectivity index (χ1n) is 8.62. The predicted molar refractivity (Wildman–Crippen MR) is 102 cm³/mol. The zero-order chi connectivity index (χ0) is 18.9. The number of aromatic nitrogens is 3. The summed E-state index contributed by atoms with van der Waals surface area (Å²) in [5.41, 5.74) is 1.18. The Bertz CT molecular complexity index is 728. The van der Waals surface area contributed by atoms with Crippen molar-refractivity contribution in [3.8, 4) is 11.5 Å². The lowest BCUT2D eigenvalue weighted by Gasteiger charge is -2.22. The van der Waals surface area contributed by atoms with Crippen LogP contribution in [0.5, 0.6) is 11.5 Å². The van der Waals surface area contributed by atoms with E-state index in [2.05, 4.69) is 38.3 Å². The molecule has 0 saturated carbocycles. The van der Waals surface area contributed by atoms with Crippen LogP contribution in [-0.4, -0.2) is 60.0 Å². The third-order valence-electron chi connectivity index (χ3n) is 4.06. The second-order valence-electron chi connectivity index (χ2n) is 5.83. The van der Waals surface area contributed by atoms with E-state index in [4.69, 9.17) is 9.47 Å². The fourth-order valence-corrected chi connectivity index (χ4v) is 2.52. The van der Waals surface area contributed by atoms with Gasteiger partial charge in [-0.05, 0) is 31.0 Å². The molecule has 0 unspecified atom stereocenters. The maximum Gasteiger partial charge on any atom is 0.194 e. The number of aliphatic imine (C=N–C) groups is 1. The van der Waals surface area contributed by atoms with Crippen LogP contribution in [0.15, 0.2) is 29.5 Å². The normalized spacial score (nSPS) is 11.3. The molecule has 0 fully saturated rings. The van der Waals surface area contributed by atoms with Gasteiger partial charge in [0.2, 0.25) is 0 Å². The highest BCUT2D eigenvalue weighted by Gasteiger charge is 2.09. The van der Waals surface area contributed by atoms with Crippen molar-refractivity contribution in [1.82, 2.24) is 25.0 Å². The second kappa shape index (κ2) is 9.65. The van der Waals surface area contributed by atoms with Crippen molar-refractivity contribution in [1.29, 1.82) is 0 Å². The Morgan fingerprint density at radius 2 is 2.04 bits per heavy atom. The molecule has 8 heteroatoms. The molecule has 0 aliphatic rings. The number of nitrogens with one attached hydrogen (secondary N) is 1. The first kappa shape index (κ1) is 19.6. The van der Waals surface area contributed by atoms with Crippen LogP contribution in [-0.2, 0) is 20.0 Å². The van der Waals surface area contributed by atoms with E-state index in [1.54, 1.807) is 25.2 Å². The summed E-state index contributed by atoms with van der Waals surface area (Å²) in [7, 11) is 7.18. The quantitative estimate of drug-likeness (QED) is 0.567. The van der Waals surface area contributed by atoms with Gasteiger partial charge >= 0.3 is 0 Å².